The molecule has 1 N–H and O–H groups in total. The van der Waals surface area contributed by atoms with E-state index in [1.165, 1.54) is 33.4 Å². The molecule has 2 heterocycles. The van der Waals surface area contributed by atoms with E-state index in [1.807, 2.05) is 6.07 Å². The number of rotatable bonds is 5. The van der Waals surface area contributed by atoms with E-state index in [-0.39, 0.29) is 5.92 Å². The zero-order chi connectivity index (χ0) is 32.3. The van der Waals surface area contributed by atoms with Gasteiger partial charge in [-0.1, -0.05) is 115 Å². The van der Waals surface area contributed by atoms with E-state index in [0.29, 0.717) is 0 Å². The van der Waals surface area contributed by atoms with Gasteiger partial charge in [-0.15, -0.1) is 0 Å². The zero-order valence-corrected chi connectivity index (χ0v) is 26.9. The standard InChI is InChI=1S/C46H33NO2/c1-2-9-33-28-34(23-20-29(33)8-1)30-18-21-31(22-19-30)36-11-6-16-42-44(36)45-40(14-7-17-43(45)48-42)47-35-26-24-32(25-27-35)37-12-5-13-39-38-10-3-4-15-41(38)49-46(37)39/h1,3-8,10-12,14-28,39,47H,2,9,13H2. The number of benzene rings is 6. The Labute approximate surface area is 285 Å². The molecule has 0 amide bonds. The van der Waals surface area contributed by atoms with Crippen LogP contribution in [0.5, 0.6) is 5.75 Å². The van der Waals surface area contributed by atoms with Crippen molar-refractivity contribution >= 4 is 45.0 Å². The van der Waals surface area contributed by atoms with E-state index in [4.69, 9.17) is 9.15 Å². The Morgan fingerprint density at radius 3 is 2.29 bits per heavy atom. The predicted molar refractivity (Wildman–Crippen MR) is 202 cm³/mol. The highest BCUT2D eigenvalue weighted by atomic mass is 16.5. The maximum Gasteiger partial charge on any atom is 0.137 e. The third-order valence-corrected chi connectivity index (χ3v) is 10.3. The molecule has 10 rings (SSSR count). The Morgan fingerprint density at radius 1 is 0.612 bits per heavy atom. The molecule has 1 atom stereocenters. The Hall–Kier alpha value is -6.06. The van der Waals surface area contributed by atoms with Crippen LogP contribution in [0, 0.1) is 0 Å². The van der Waals surface area contributed by atoms with Crippen LogP contribution in [0.4, 0.5) is 11.4 Å². The van der Waals surface area contributed by atoms with Gasteiger partial charge in [-0.25, -0.2) is 0 Å². The molecule has 49 heavy (non-hydrogen) atoms. The van der Waals surface area contributed by atoms with Crippen molar-refractivity contribution in [1.29, 1.82) is 0 Å². The molecule has 0 fully saturated rings. The summed E-state index contributed by atoms with van der Waals surface area (Å²) in [6.07, 6.45) is 12.2. The van der Waals surface area contributed by atoms with E-state index >= 15 is 0 Å². The van der Waals surface area contributed by atoms with Gasteiger partial charge < -0.3 is 14.5 Å². The van der Waals surface area contributed by atoms with Gasteiger partial charge in [-0.2, -0.15) is 0 Å². The first-order valence-corrected chi connectivity index (χ1v) is 17.2. The molecule has 3 heteroatoms. The molecule has 0 bridgehead atoms. The summed E-state index contributed by atoms with van der Waals surface area (Å²) in [4.78, 5) is 0. The normalized spacial score (nSPS) is 16.0. The summed E-state index contributed by atoms with van der Waals surface area (Å²) in [5.74, 6) is 2.32. The van der Waals surface area contributed by atoms with Gasteiger partial charge in [-0.3, -0.25) is 0 Å². The first-order chi connectivity index (χ1) is 24.3. The summed E-state index contributed by atoms with van der Waals surface area (Å²) in [6.45, 7) is 0. The highest BCUT2D eigenvalue weighted by molar-refractivity contribution is 6.17. The number of anilines is 2. The number of nitrogens with one attached hydrogen (secondary N) is 1. The van der Waals surface area contributed by atoms with Crippen LogP contribution >= 0.6 is 0 Å². The summed E-state index contributed by atoms with van der Waals surface area (Å²) >= 11 is 0. The van der Waals surface area contributed by atoms with Crippen LogP contribution in [0.3, 0.4) is 0 Å². The fourth-order valence-corrected chi connectivity index (χ4v) is 7.87. The van der Waals surface area contributed by atoms with E-state index < -0.39 is 0 Å². The van der Waals surface area contributed by atoms with Crippen molar-refractivity contribution in [2.45, 2.75) is 25.2 Å². The van der Waals surface area contributed by atoms with E-state index in [9.17, 15) is 0 Å². The number of ether oxygens (including phenoxy) is 1. The van der Waals surface area contributed by atoms with Crippen molar-refractivity contribution in [2.24, 2.45) is 0 Å². The van der Waals surface area contributed by atoms with Gasteiger partial charge in [0.1, 0.15) is 22.7 Å². The van der Waals surface area contributed by atoms with Gasteiger partial charge in [0.15, 0.2) is 0 Å². The second-order valence-corrected chi connectivity index (χ2v) is 13.2. The molecule has 234 valence electrons. The lowest BCUT2D eigenvalue weighted by Gasteiger charge is -2.18. The van der Waals surface area contributed by atoms with Gasteiger partial charge >= 0.3 is 0 Å². The Bertz CT molecular complexity index is 2510. The SMILES string of the molecule is C1=Cc2ccc(-c3ccc(-c4cccc5oc6cccc(Nc7ccc(C8=C9Oc%10ccccc%10C9CC=C8)cc7)c6c45)cc3)cc2CC1. The highest BCUT2D eigenvalue weighted by Gasteiger charge is 2.32. The highest BCUT2D eigenvalue weighted by Crippen LogP contribution is 2.48. The Balaban J connectivity index is 0.981. The first kappa shape index (κ1) is 28.0. The van der Waals surface area contributed by atoms with Crippen LogP contribution in [0.15, 0.2) is 156 Å². The van der Waals surface area contributed by atoms with Gasteiger partial charge in [0, 0.05) is 28.1 Å². The number of aryl methyl sites for hydroxylation is 1. The van der Waals surface area contributed by atoms with Gasteiger partial charge in [-0.05, 0) is 94.6 Å². The largest absolute Gasteiger partial charge is 0.460 e. The quantitative estimate of drug-likeness (QED) is 0.205. The molecular formula is C46H33NO2. The number of allylic oxidation sites excluding steroid dienone is 5. The molecule has 7 aromatic rings. The summed E-state index contributed by atoms with van der Waals surface area (Å²) in [5.41, 5.74) is 15.0. The molecule has 1 aromatic heterocycles. The summed E-state index contributed by atoms with van der Waals surface area (Å²) in [7, 11) is 0. The van der Waals surface area contributed by atoms with E-state index in [0.717, 1.165) is 80.8 Å². The molecule has 1 aliphatic heterocycles. The van der Waals surface area contributed by atoms with Crippen LogP contribution in [0.2, 0.25) is 0 Å². The van der Waals surface area contributed by atoms with Crippen molar-refractivity contribution in [2.75, 3.05) is 5.32 Å². The lowest BCUT2D eigenvalue weighted by atomic mass is 9.87. The minimum absolute atomic E-state index is 0.285. The van der Waals surface area contributed by atoms with Crippen LogP contribution < -0.4 is 10.1 Å². The zero-order valence-electron chi connectivity index (χ0n) is 26.9. The lowest BCUT2D eigenvalue weighted by molar-refractivity contribution is 0.429. The van der Waals surface area contributed by atoms with Crippen molar-refractivity contribution in [3.05, 3.63) is 174 Å². The molecule has 3 nitrogen and oxygen atoms in total. The van der Waals surface area contributed by atoms with Crippen LogP contribution in [-0.4, -0.2) is 0 Å². The Kier molecular flexibility index (Phi) is 6.45. The second-order valence-electron chi connectivity index (χ2n) is 13.2. The fraction of sp³-hybridized carbons (Fsp3) is 0.0870. The molecule has 0 saturated heterocycles. The monoisotopic (exact) mass is 631 g/mol. The molecule has 1 unspecified atom stereocenters. The average Bonchev–Trinajstić information content (AvgIpc) is 3.74. The average molecular weight is 632 g/mol. The summed E-state index contributed by atoms with van der Waals surface area (Å²) in [5, 5.41) is 5.93. The van der Waals surface area contributed by atoms with E-state index in [1.54, 1.807) is 0 Å². The third kappa shape index (κ3) is 4.73. The smallest absolute Gasteiger partial charge is 0.137 e. The van der Waals surface area contributed by atoms with Crippen molar-refractivity contribution in [3.63, 3.8) is 0 Å². The second kappa shape index (κ2) is 11.3. The number of fused-ring (bicyclic) bond motifs is 7. The minimum Gasteiger partial charge on any atom is -0.460 e. The maximum atomic E-state index is 6.43. The number of para-hydroxylation sites is 1. The van der Waals surface area contributed by atoms with Gasteiger partial charge in [0.25, 0.3) is 0 Å². The van der Waals surface area contributed by atoms with Crippen molar-refractivity contribution in [1.82, 2.24) is 0 Å². The molecule has 3 aliphatic rings. The molecular weight excluding hydrogens is 599 g/mol. The van der Waals surface area contributed by atoms with Crippen LogP contribution in [0.25, 0.3) is 55.8 Å². The molecule has 2 aliphatic carbocycles. The molecule has 0 saturated carbocycles. The van der Waals surface area contributed by atoms with Gasteiger partial charge in [0.05, 0.1) is 11.1 Å². The topological polar surface area (TPSA) is 34.4 Å². The molecule has 0 spiro atoms. The Morgan fingerprint density at radius 2 is 1.39 bits per heavy atom. The minimum atomic E-state index is 0.285. The van der Waals surface area contributed by atoms with Crippen molar-refractivity contribution in [3.8, 4) is 28.0 Å². The number of hydrogen-bond donors (Lipinski definition) is 1. The predicted octanol–water partition coefficient (Wildman–Crippen LogP) is 12.5. The van der Waals surface area contributed by atoms with Crippen molar-refractivity contribution < 1.29 is 9.15 Å². The number of furan rings is 1. The maximum absolute atomic E-state index is 6.43. The third-order valence-electron chi connectivity index (χ3n) is 10.3. The van der Waals surface area contributed by atoms with Gasteiger partial charge in [0.2, 0.25) is 0 Å². The fourth-order valence-electron chi connectivity index (χ4n) is 7.87. The van der Waals surface area contributed by atoms with E-state index in [2.05, 4.69) is 151 Å². The molecule has 6 aromatic carbocycles. The number of hydrogen-bond acceptors (Lipinski definition) is 3. The van der Waals surface area contributed by atoms with Crippen LogP contribution in [-0.2, 0) is 6.42 Å². The van der Waals surface area contributed by atoms with Crippen LogP contribution in [0.1, 0.15) is 41.0 Å². The summed E-state index contributed by atoms with van der Waals surface area (Å²) < 4.78 is 12.8. The molecule has 0 radical (unpaired) electrons. The first-order valence-electron chi connectivity index (χ1n) is 17.2. The lowest BCUT2D eigenvalue weighted by Crippen LogP contribution is -2.05. The summed E-state index contributed by atoms with van der Waals surface area (Å²) in [6, 6.07) is 45.5.